The zero-order valence-corrected chi connectivity index (χ0v) is 17.3. The fraction of sp³-hybridized carbons (Fsp3) is 0.273. The molecule has 1 aromatic rings. The molecule has 3 heterocycles. The van der Waals surface area contributed by atoms with Crippen LogP contribution in [-0.4, -0.2) is 42.7 Å². The van der Waals surface area contributed by atoms with E-state index >= 15 is 0 Å². The number of fused-ring (bicyclic) bond motifs is 5. The first-order valence-electron chi connectivity index (χ1n) is 10.0. The minimum Gasteiger partial charge on any atom is -0.489 e. The van der Waals surface area contributed by atoms with Crippen molar-refractivity contribution in [3.8, 4) is 0 Å². The molecule has 8 heteroatoms. The minimum atomic E-state index is -0.876. The lowest BCUT2D eigenvalue weighted by molar-refractivity contribution is -0.115. The molecule has 0 bridgehead atoms. The Balaban J connectivity index is 1.45. The Kier molecular flexibility index (Phi) is 4.74. The Labute approximate surface area is 179 Å². The molecule has 1 N–H and O–H groups in total. The first kappa shape index (κ1) is 19.1. The van der Waals surface area contributed by atoms with E-state index in [2.05, 4.69) is 29.2 Å². The van der Waals surface area contributed by atoms with Crippen LogP contribution < -0.4 is 4.90 Å². The van der Waals surface area contributed by atoms with Crippen LogP contribution in [0.15, 0.2) is 75.1 Å². The number of benzene rings is 1. The molecule has 1 unspecified atom stereocenters. The van der Waals surface area contributed by atoms with Crippen LogP contribution in [0.25, 0.3) is 0 Å². The third-order valence-electron chi connectivity index (χ3n) is 5.71. The Morgan fingerprint density at radius 3 is 3.03 bits per heavy atom. The van der Waals surface area contributed by atoms with Gasteiger partial charge in [0, 0.05) is 29.0 Å². The summed E-state index contributed by atoms with van der Waals surface area (Å²) in [5, 5.41) is 10.2. The summed E-state index contributed by atoms with van der Waals surface area (Å²) >= 11 is 1.75. The van der Waals surface area contributed by atoms with Gasteiger partial charge in [-0.15, -0.1) is 0 Å². The molecule has 0 radical (unpaired) electrons. The van der Waals surface area contributed by atoms with E-state index in [0.717, 1.165) is 24.1 Å². The molecule has 1 atom stereocenters. The van der Waals surface area contributed by atoms with Crippen molar-refractivity contribution < 1.29 is 24.2 Å². The second kappa shape index (κ2) is 7.43. The fourth-order valence-electron chi connectivity index (χ4n) is 3.99. The average Bonchev–Trinajstić information content (AvgIpc) is 3.13. The number of carboxylic acid groups (broad SMARTS) is 1. The highest BCUT2D eigenvalue weighted by Crippen LogP contribution is 2.51. The number of hydrogen-bond donors (Lipinski definition) is 1. The van der Waals surface area contributed by atoms with E-state index in [1.165, 1.54) is 21.7 Å². The third kappa shape index (κ3) is 3.15. The number of hydrogen-bond acceptors (Lipinski definition) is 6. The fourth-order valence-corrected chi connectivity index (χ4v) is 5.24. The smallest absolute Gasteiger partial charge is 0.278 e. The molecular weight excluding hydrogens is 401 g/mol. The zero-order chi connectivity index (χ0) is 20.8. The maximum absolute atomic E-state index is 12.4. The summed E-state index contributed by atoms with van der Waals surface area (Å²) in [7, 11) is 0. The van der Waals surface area contributed by atoms with E-state index in [9.17, 15) is 9.59 Å². The molecule has 0 amide bonds. The molecule has 1 aliphatic carbocycles. The van der Waals surface area contributed by atoms with Gasteiger partial charge in [0.05, 0.1) is 17.3 Å². The predicted molar refractivity (Wildman–Crippen MR) is 116 cm³/mol. The summed E-state index contributed by atoms with van der Waals surface area (Å²) in [4.78, 5) is 27.0. The number of ketones is 1. The number of rotatable bonds is 5. The van der Waals surface area contributed by atoms with Crippen LogP contribution in [0.4, 0.5) is 10.5 Å². The number of nitrogens with zero attached hydrogens (tertiary/aromatic N) is 1. The van der Waals surface area contributed by atoms with Crippen LogP contribution in [0.3, 0.4) is 0 Å². The van der Waals surface area contributed by atoms with Gasteiger partial charge in [-0.2, -0.15) is 0 Å². The lowest BCUT2D eigenvalue weighted by atomic mass is 9.50. The molecule has 5 rings (SSSR count). The molecule has 30 heavy (non-hydrogen) atoms. The summed E-state index contributed by atoms with van der Waals surface area (Å²) < 4.78 is 12.0. The minimum absolute atomic E-state index is 0.132. The van der Waals surface area contributed by atoms with Crippen molar-refractivity contribution in [2.75, 3.05) is 18.1 Å². The third-order valence-corrected chi connectivity index (χ3v) is 6.93. The van der Waals surface area contributed by atoms with Crippen molar-refractivity contribution in [1.82, 2.24) is 0 Å². The Morgan fingerprint density at radius 1 is 1.37 bits per heavy atom. The van der Waals surface area contributed by atoms with Crippen LogP contribution >= 0.6 is 11.8 Å². The van der Waals surface area contributed by atoms with Crippen molar-refractivity contribution in [1.29, 1.82) is 0 Å². The molecule has 4 aliphatic rings. The second-order valence-corrected chi connectivity index (χ2v) is 8.74. The van der Waals surface area contributed by atoms with Crippen LogP contribution in [0.2, 0.25) is 13.1 Å². The molecule has 152 valence electrons. The van der Waals surface area contributed by atoms with Crippen molar-refractivity contribution in [2.45, 2.75) is 30.6 Å². The standard InChI is InChI=1S/C22H20BNO5S/c1-23(22(26)27)9-11-28-20-16(25)7-6-13-12-14-17(29-19(13)20)8-10-24-15-4-2-3-5-18(15)30-21(14)24/h2-7,12,17H,8-11H2,1H3,(H,26,27). The molecule has 3 aliphatic heterocycles. The number of para-hydroxylation sites is 1. The van der Waals surface area contributed by atoms with Gasteiger partial charge in [0.25, 0.3) is 6.71 Å². The van der Waals surface area contributed by atoms with Crippen LogP contribution in [0.5, 0.6) is 0 Å². The Morgan fingerprint density at radius 2 is 2.20 bits per heavy atom. The maximum atomic E-state index is 12.4. The summed E-state index contributed by atoms with van der Waals surface area (Å²) in [5.41, 5.74) is 3.17. The SMILES string of the molecule is CB(CCOC1=C2OC3CCN4C(=C3C=C2C=CC1=O)Sc1ccccc14)C(=O)O. The average molecular weight is 421 g/mol. The van der Waals surface area contributed by atoms with E-state index in [1.54, 1.807) is 24.7 Å². The molecule has 0 fully saturated rings. The number of anilines is 1. The van der Waals surface area contributed by atoms with Gasteiger partial charge in [-0.05, 0) is 36.7 Å². The van der Waals surface area contributed by atoms with E-state index in [-0.39, 0.29) is 24.3 Å². The molecule has 0 spiro atoms. The zero-order valence-electron chi connectivity index (χ0n) is 16.5. The maximum Gasteiger partial charge on any atom is 0.278 e. The topological polar surface area (TPSA) is 76.1 Å². The number of thioether (sulfide) groups is 1. The van der Waals surface area contributed by atoms with Gasteiger partial charge in [0.15, 0.2) is 5.76 Å². The molecule has 0 aromatic heterocycles. The summed E-state index contributed by atoms with van der Waals surface area (Å²) in [6, 6.07) is 8.38. The molecular formula is C22H20BNO5S. The Hall–Kier alpha value is -2.87. The van der Waals surface area contributed by atoms with Crippen molar-refractivity contribution >= 4 is 35.8 Å². The van der Waals surface area contributed by atoms with Gasteiger partial charge in [-0.3, -0.25) is 9.59 Å². The van der Waals surface area contributed by atoms with E-state index < -0.39 is 12.6 Å². The highest BCUT2D eigenvalue weighted by atomic mass is 32.2. The van der Waals surface area contributed by atoms with Gasteiger partial charge in [-0.25, -0.2) is 0 Å². The quantitative estimate of drug-likeness (QED) is 0.711. The highest BCUT2D eigenvalue weighted by molar-refractivity contribution is 8.03. The molecule has 0 saturated heterocycles. The normalized spacial score (nSPS) is 21.4. The Bertz CT molecular complexity index is 1070. The van der Waals surface area contributed by atoms with Crippen molar-refractivity contribution in [3.63, 3.8) is 0 Å². The van der Waals surface area contributed by atoms with Crippen LogP contribution in [0.1, 0.15) is 6.42 Å². The highest BCUT2D eigenvalue weighted by Gasteiger charge is 2.39. The van der Waals surface area contributed by atoms with E-state index in [0.29, 0.717) is 12.1 Å². The van der Waals surface area contributed by atoms with Gasteiger partial charge in [0.1, 0.15) is 6.10 Å². The number of carbonyl (C=O) groups is 2. The van der Waals surface area contributed by atoms with Gasteiger partial charge >= 0.3 is 0 Å². The molecule has 0 saturated carbocycles. The number of allylic oxidation sites excluding steroid dienone is 2. The van der Waals surface area contributed by atoms with Crippen LogP contribution in [0, 0.1) is 0 Å². The first-order valence-corrected chi connectivity index (χ1v) is 10.8. The van der Waals surface area contributed by atoms with Gasteiger partial charge in [0.2, 0.25) is 17.4 Å². The molecule has 6 nitrogen and oxygen atoms in total. The largest absolute Gasteiger partial charge is 0.489 e. The number of ether oxygens (including phenoxy) is 2. The van der Waals surface area contributed by atoms with Crippen molar-refractivity contribution in [3.05, 3.63) is 70.2 Å². The number of carbonyl (C=O) groups excluding carboxylic acids is 1. The summed E-state index contributed by atoms with van der Waals surface area (Å²) in [6.45, 7) is 2.09. The molecule has 1 aromatic carbocycles. The lowest BCUT2D eigenvalue weighted by Crippen LogP contribution is -2.35. The summed E-state index contributed by atoms with van der Waals surface area (Å²) in [5.74, 6) is -0.482. The monoisotopic (exact) mass is 421 g/mol. The van der Waals surface area contributed by atoms with Gasteiger partial charge in [-0.1, -0.05) is 30.7 Å². The lowest BCUT2D eigenvalue weighted by Gasteiger charge is -2.37. The second-order valence-electron chi connectivity index (χ2n) is 7.71. The van der Waals surface area contributed by atoms with Gasteiger partial charge < -0.3 is 19.5 Å². The summed E-state index contributed by atoms with van der Waals surface area (Å²) in [6.07, 6.45) is 6.34. The predicted octanol–water partition coefficient (Wildman–Crippen LogP) is 4.29. The van der Waals surface area contributed by atoms with E-state index in [1.807, 2.05) is 6.07 Å². The first-order chi connectivity index (χ1) is 14.5. The van der Waals surface area contributed by atoms with E-state index in [4.69, 9.17) is 14.6 Å². The van der Waals surface area contributed by atoms with Crippen molar-refractivity contribution in [2.24, 2.45) is 0 Å². The van der Waals surface area contributed by atoms with Crippen LogP contribution in [-0.2, 0) is 14.3 Å².